The number of rotatable bonds is 2. The van der Waals surface area contributed by atoms with Gasteiger partial charge in [0.2, 0.25) is 0 Å². The maximum absolute atomic E-state index is 10.7. The maximum Gasteiger partial charge on any atom is 0.0878 e. The van der Waals surface area contributed by atoms with Crippen LogP contribution >= 0.6 is 22.7 Å². The van der Waals surface area contributed by atoms with Gasteiger partial charge in [-0.15, -0.1) is 22.7 Å². The molecular weight excluding hydrogens is 252 g/mol. The lowest BCUT2D eigenvalue weighted by Gasteiger charge is -1.95. The van der Waals surface area contributed by atoms with Gasteiger partial charge in [0.15, 0.2) is 0 Å². The SMILES string of the molecule is O=C([O-])c1cc2cc(-c3ccccc3)sc2s1. The molecule has 2 aromatic heterocycles. The average Bonchev–Trinajstić information content (AvgIpc) is 2.87. The minimum atomic E-state index is -1.10. The fourth-order valence-corrected chi connectivity index (χ4v) is 3.97. The molecule has 0 bridgehead atoms. The molecule has 17 heavy (non-hydrogen) atoms. The van der Waals surface area contributed by atoms with Crippen molar-refractivity contribution in [1.82, 2.24) is 0 Å². The zero-order valence-electron chi connectivity index (χ0n) is 8.67. The molecule has 0 radical (unpaired) electrons. The van der Waals surface area contributed by atoms with Crippen LogP contribution in [0.15, 0.2) is 42.5 Å². The number of fused-ring (bicyclic) bond motifs is 1. The highest BCUT2D eigenvalue weighted by atomic mass is 32.2. The van der Waals surface area contributed by atoms with E-state index in [1.807, 2.05) is 24.3 Å². The maximum atomic E-state index is 10.7. The van der Waals surface area contributed by atoms with Crippen LogP contribution in [-0.4, -0.2) is 5.97 Å². The van der Waals surface area contributed by atoms with Crippen molar-refractivity contribution in [1.29, 1.82) is 0 Å². The van der Waals surface area contributed by atoms with E-state index in [0.717, 1.165) is 19.8 Å². The predicted molar refractivity (Wildman–Crippen MR) is 69.5 cm³/mol. The standard InChI is InChI=1S/C13H8O2S2/c14-12(15)11-7-9-6-10(16-13(9)17-11)8-4-2-1-3-5-8/h1-7H,(H,14,15)/p-1. The molecule has 0 saturated carbocycles. The third-order valence-electron chi connectivity index (χ3n) is 2.47. The van der Waals surface area contributed by atoms with Crippen molar-refractivity contribution < 1.29 is 9.90 Å². The molecule has 0 spiro atoms. The van der Waals surface area contributed by atoms with Gasteiger partial charge in [0.1, 0.15) is 0 Å². The molecule has 0 fully saturated rings. The molecule has 0 N–H and O–H groups in total. The van der Waals surface area contributed by atoms with Gasteiger partial charge < -0.3 is 9.90 Å². The lowest BCUT2D eigenvalue weighted by Crippen LogP contribution is -2.20. The Hall–Kier alpha value is -1.65. The Morgan fingerprint density at radius 3 is 2.47 bits per heavy atom. The quantitative estimate of drug-likeness (QED) is 0.709. The molecule has 0 saturated heterocycles. The first-order chi connectivity index (χ1) is 8.24. The molecule has 2 heterocycles. The van der Waals surface area contributed by atoms with E-state index in [-0.39, 0.29) is 0 Å². The van der Waals surface area contributed by atoms with Gasteiger partial charge in [-0.1, -0.05) is 30.3 Å². The van der Waals surface area contributed by atoms with Crippen molar-refractivity contribution in [2.24, 2.45) is 0 Å². The second kappa shape index (κ2) is 3.98. The third kappa shape index (κ3) is 1.85. The highest BCUT2D eigenvalue weighted by molar-refractivity contribution is 7.40. The molecule has 0 amide bonds. The monoisotopic (exact) mass is 259 g/mol. The molecule has 0 aliphatic rings. The fraction of sp³-hybridized carbons (Fsp3) is 0. The molecule has 0 atom stereocenters. The number of carbonyl (C=O) groups excluding carboxylic acids is 1. The van der Waals surface area contributed by atoms with E-state index in [1.54, 1.807) is 17.4 Å². The summed E-state index contributed by atoms with van der Waals surface area (Å²) in [5.41, 5.74) is 1.16. The summed E-state index contributed by atoms with van der Waals surface area (Å²) in [6, 6.07) is 13.8. The van der Waals surface area contributed by atoms with Crippen LogP contribution in [0.4, 0.5) is 0 Å². The number of aromatic carboxylic acids is 1. The number of hydrogen-bond donors (Lipinski definition) is 0. The Labute approximate surface area is 106 Å². The summed E-state index contributed by atoms with van der Waals surface area (Å²) in [6.07, 6.45) is 0. The summed E-state index contributed by atoms with van der Waals surface area (Å²) in [7, 11) is 0. The number of carboxylic acids is 1. The molecule has 84 valence electrons. The molecule has 0 unspecified atom stereocenters. The van der Waals surface area contributed by atoms with Crippen LogP contribution < -0.4 is 5.11 Å². The molecule has 3 rings (SSSR count). The Balaban J connectivity index is 2.10. The second-order valence-corrected chi connectivity index (χ2v) is 5.98. The minimum absolute atomic E-state index is 0.297. The third-order valence-corrected chi connectivity index (χ3v) is 4.89. The van der Waals surface area contributed by atoms with Crippen LogP contribution in [0.1, 0.15) is 9.67 Å². The van der Waals surface area contributed by atoms with E-state index >= 15 is 0 Å². The number of hydrogen-bond acceptors (Lipinski definition) is 4. The zero-order chi connectivity index (χ0) is 11.8. The predicted octanol–water partition coefficient (Wildman–Crippen LogP) is 2.99. The normalized spacial score (nSPS) is 10.8. The van der Waals surface area contributed by atoms with Crippen molar-refractivity contribution in [3.05, 3.63) is 47.3 Å². The van der Waals surface area contributed by atoms with Crippen molar-refractivity contribution >= 4 is 38.0 Å². The average molecular weight is 259 g/mol. The van der Waals surface area contributed by atoms with Crippen molar-refractivity contribution in [2.45, 2.75) is 0 Å². The summed E-state index contributed by atoms with van der Waals surface area (Å²) in [6.45, 7) is 0. The smallest absolute Gasteiger partial charge is 0.0878 e. The number of carbonyl (C=O) groups is 1. The summed E-state index contributed by atoms with van der Waals surface area (Å²) in [5, 5.41) is 11.7. The Morgan fingerprint density at radius 1 is 1.06 bits per heavy atom. The summed E-state index contributed by atoms with van der Waals surface area (Å²) in [4.78, 5) is 12.2. The molecule has 0 aliphatic heterocycles. The van der Waals surface area contributed by atoms with Gasteiger partial charge in [0, 0.05) is 10.3 Å². The van der Waals surface area contributed by atoms with Gasteiger partial charge in [0.25, 0.3) is 0 Å². The molecule has 2 nitrogen and oxygen atoms in total. The molecule has 4 heteroatoms. The van der Waals surface area contributed by atoms with Gasteiger partial charge in [0.05, 0.1) is 14.9 Å². The number of benzene rings is 1. The summed E-state index contributed by atoms with van der Waals surface area (Å²) in [5.74, 6) is -1.10. The van der Waals surface area contributed by atoms with Crippen LogP contribution in [0.5, 0.6) is 0 Å². The highest BCUT2D eigenvalue weighted by Gasteiger charge is 2.08. The van der Waals surface area contributed by atoms with Crippen LogP contribution in [0, 0.1) is 0 Å². The van der Waals surface area contributed by atoms with Crippen LogP contribution in [0.3, 0.4) is 0 Å². The van der Waals surface area contributed by atoms with Crippen LogP contribution in [-0.2, 0) is 0 Å². The zero-order valence-corrected chi connectivity index (χ0v) is 10.3. The van der Waals surface area contributed by atoms with E-state index in [1.165, 1.54) is 11.3 Å². The van der Waals surface area contributed by atoms with Crippen LogP contribution in [0.25, 0.3) is 19.8 Å². The van der Waals surface area contributed by atoms with E-state index < -0.39 is 5.97 Å². The van der Waals surface area contributed by atoms with Gasteiger partial charge in [-0.05, 0) is 17.7 Å². The lowest BCUT2D eigenvalue weighted by atomic mass is 10.2. The Bertz CT molecular complexity index is 648. The lowest BCUT2D eigenvalue weighted by molar-refractivity contribution is -0.254. The minimum Gasteiger partial charge on any atom is -0.544 e. The largest absolute Gasteiger partial charge is 0.544 e. The molecule has 1 aromatic carbocycles. The van der Waals surface area contributed by atoms with Gasteiger partial charge in [-0.2, -0.15) is 0 Å². The van der Waals surface area contributed by atoms with E-state index in [9.17, 15) is 9.90 Å². The first-order valence-electron chi connectivity index (χ1n) is 5.04. The number of carboxylic acid groups (broad SMARTS) is 1. The van der Waals surface area contributed by atoms with Crippen LogP contribution in [0.2, 0.25) is 0 Å². The van der Waals surface area contributed by atoms with E-state index in [2.05, 4.69) is 12.1 Å². The Morgan fingerprint density at radius 2 is 1.82 bits per heavy atom. The van der Waals surface area contributed by atoms with Gasteiger partial charge in [-0.3, -0.25) is 0 Å². The fourth-order valence-electron chi connectivity index (χ4n) is 1.68. The first kappa shape index (κ1) is 10.5. The van der Waals surface area contributed by atoms with E-state index in [4.69, 9.17) is 0 Å². The van der Waals surface area contributed by atoms with Crippen molar-refractivity contribution in [3.63, 3.8) is 0 Å². The number of thiophene rings is 2. The van der Waals surface area contributed by atoms with Crippen molar-refractivity contribution in [2.75, 3.05) is 0 Å². The summed E-state index contributed by atoms with van der Waals surface area (Å²) >= 11 is 2.89. The van der Waals surface area contributed by atoms with Crippen molar-refractivity contribution in [3.8, 4) is 10.4 Å². The molecule has 0 aliphatic carbocycles. The molecule has 3 aromatic rings. The topological polar surface area (TPSA) is 40.1 Å². The van der Waals surface area contributed by atoms with E-state index in [0.29, 0.717) is 4.88 Å². The van der Waals surface area contributed by atoms with Gasteiger partial charge >= 0.3 is 0 Å². The Kier molecular flexibility index (Phi) is 2.46. The first-order valence-corrected chi connectivity index (χ1v) is 6.67. The van der Waals surface area contributed by atoms with Gasteiger partial charge in [-0.25, -0.2) is 0 Å². The molecular formula is C13H7O2S2-. The second-order valence-electron chi connectivity index (χ2n) is 3.62. The highest BCUT2D eigenvalue weighted by Crippen LogP contribution is 2.38. The summed E-state index contributed by atoms with van der Waals surface area (Å²) < 4.78 is 1.03.